The van der Waals surface area contributed by atoms with Gasteiger partial charge < -0.3 is 24.5 Å². The molecule has 2 aromatic heterocycles. The largest absolute Gasteiger partial charge is 0.423 e. The summed E-state index contributed by atoms with van der Waals surface area (Å²) >= 11 is 0. The standard InChI is InChI=1S/C26H23N7O3/c27-14-22-26(36-24(31-22)16-4-5-16)33-10-8-32(9-11-33)25(35)18-2-1-3-19(12-18)30-23(34)17-6-7-20-21(13-17)29-15-28-20/h1-3,6-7,12-13,15-16H,4-5,8-11H2,(H,28,29)(H,30,34). The van der Waals surface area contributed by atoms with Crippen LogP contribution in [0, 0.1) is 11.3 Å². The van der Waals surface area contributed by atoms with Crippen molar-refractivity contribution in [3.63, 3.8) is 0 Å². The van der Waals surface area contributed by atoms with E-state index >= 15 is 0 Å². The Morgan fingerprint density at radius 1 is 1.08 bits per heavy atom. The number of amides is 2. The van der Waals surface area contributed by atoms with Crippen LogP contribution in [0.1, 0.15) is 51.1 Å². The minimum atomic E-state index is -0.268. The molecule has 2 N–H and O–H groups in total. The number of aromatic nitrogens is 3. The van der Waals surface area contributed by atoms with Gasteiger partial charge in [0.25, 0.3) is 11.8 Å². The fourth-order valence-corrected chi connectivity index (χ4v) is 4.43. The van der Waals surface area contributed by atoms with Crippen LogP contribution in [0.4, 0.5) is 11.6 Å². The molecule has 0 bridgehead atoms. The van der Waals surface area contributed by atoms with Crippen LogP contribution in [0.5, 0.6) is 0 Å². The van der Waals surface area contributed by atoms with Gasteiger partial charge in [0.1, 0.15) is 6.07 Å². The molecule has 36 heavy (non-hydrogen) atoms. The number of carbonyl (C=O) groups excluding carboxylic acids is 2. The van der Waals surface area contributed by atoms with Gasteiger partial charge in [-0.05, 0) is 49.2 Å². The van der Waals surface area contributed by atoms with Crippen LogP contribution in [0.25, 0.3) is 11.0 Å². The lowest BCUT2D eigenvalue weighted by Gasteiger charge is -2.34. The second-order valence-electron chi connectivity index (χ2n) is 9.04. The van der Waals surface area contributed by atoms with E-state index in [4.69, 9.17) is 4.42 Å². The van der Waals surface area contributed by atoms with Crippen molar-refractivity contribution in [3.05, 3.63) is 71.5 Å². The molecular weight excluding hydrogens is 458 g/mol. The Balaban J connectivity index is 1.11. The summed E-state index contributed by atoms with van der Waals surface area (Å²) in [7, 11) is 0. The number of piperazine rings is 1. The Hall–Kier alpha value is -4.65. The molecule has 2 aromatic carbocycles. The average Bonchev–Trinajstić information content (AvgIpc) is 3.50. The number of nitriles is 1. The molecule has 180 valence electrons. The van der Waals surface area contributed by atoms with Gasteiger partial charge in [0.2, 0.25) is 17.5 Å². The number of imidazole rings is 1. The number of aromatic amines is 1. The summed E-state index contributed by atoms with van der Waals surface area (Å²) in [6.07, 6.45) is 3.68. The summed E-state index contributed by atoms with van der Waals surface area (Å²) in [5, 5.41) is 12.3. The predicted octanol–water partition coefficient (Wildman–Crippen LogP) is 3.51. The molecule has 1 saturated heterocycles. The highest BCUT2D eigenvalue weighted by atomic mass is 16.4. The van der Waals surface area contributed by atoms with Crippen LogP contribution in [-0.4, -0.2) is 57.8 Å². The van der Waals surface area contributed by atoms with Gasteiger partial charge in [-0.3, -0.25) is 9.59 Å². The number of oxazole rings is 1. The van der Waals surface area contributed by atoms with E-state index in [0.29, 0.717) is 66.4 Å². The van der Waals surface area contributed by atoms with Crippen molar-refractivity contribution in [2.75, 3.05) is 36.4 Å². The molecular formula is C26H23N7O3. The molecule has 0 unspecified atom stereocenters. The number of anilines is 2. The normalized spacial score (nSPS) is 15.6. The molecule has 10 nitrogen and oxygen atoms in total. The number of fused-ring (bicyclic) bond motifs is 1. The van der Waals surface area contributed by atoms with Gasteiger partial charge in [-0.1, -0.05) is 6.07 Å². The van der Waals surface area contributed by atoms with E-state index in [1.165, 1.54) is 0 Å². The summed E-state index contributed by atoms with van der Waals surface area (Å²) in [5.41, 5.74) is 3.41. The minimum Gasteiger partial charge on any atom is -0.423 e. The zero-order valence-electron chi connectivity index (χ0n) is 19.4. The topological polar surface area (TPSA) is 131 Å². The third kappa shape index (κ3) is 4.15. The van der Waals surface area contributed by atoms with Gasteiger partial charge >= 0.3 is 0 Å². The molecule has 1 saturated carbocycles. The monoisotopic (exact) mass is 481 g/mol. The van der Waals surface area contributed by atoms with Crippen LogP contribution < -0.4 is 10.2 Å². The molecule has 0 atom stereocenters. The first kappa shape index (κ1) is 21.9. The highest BCUT2D eigenvalue weighted by Gasteiger charge is 2.33. The first-order chi connectivity index (χ1) is 17.6. The lowest BCUT2D eigenvalue weighted by molar-refractivity contribution is 0.0745. The molecule has 3 heterocycles. The van der Waals surface area contributed by atoms with E-state index in [1.807, 2.05) is 4.90 Å². The van der Waals surface area contributed by atoms with Gasteiger partial charge in [0.15, 0.2) is 0 Å². The van der Waals surface area contributed by atoms with Crippen LogP contribution in [0.3, 0.4) is 0 Å². The number of rotatable bonds is 5. The van der Waals surface area contributed by atoms with Gasteiger partial charge in [-0.25, -0.2) is 9.97 Å². The minimum absolute atomic E-state index is 0.110. The molecule has 2 amide bonds. The average molecular weight is 482 g/mol. The van der Waals surface area contributed by atoms with E-state index in [9.17, 15) is 14.9 Å². The fourth-order valence-electron chi connectivity index (χ4n) is 4.43. The van der Waals surface area contributed by atoms with Crippen molar-refractivity contribution in [2.45, 2.75) is 18.8 Å². The molecule has 1 aliphatic carbocycles. The Morgan fingerprint density at radius 2 is 1.92 bits per heavy atom. The van der Waals surface area contributed by atoms with Crippen molar-refractivity contribution in [2.24, 2.45) is 0 Å². The van der Waals surface area contributed by atoms with Crippen molar-refractivity contribution < 1.29 is 14.0 Å². The number of H-pyrrole nitrogens is 1. The van der Waals surface area contributed by atoms with Gasteiger partial charge in [-0.15, -0.1) is 0 Å². The summed E-state index contributed by atoms with van der Waals surface area (Å²) in [6, 6.07) is 14.3. The number of hydrogen-bond acceptors (Lipinski definition) is 7. The van der Waals surface area contributed by atoms with E-state index in [-0.39, 0.29) is 11.8 Å². The summed E-state index contributed by atoms with van der Waals surface area (Å²) in [6.45, 7) is 2.08. The van der Waals surface area contributed by atoms with E-state index in [1.54, 1.807) is 53.7 Å². The van der Waals surface area contributed by atoms with E-state index in [0.717, 1.165) is 23.9 Å². The second kappa shape index (κ2) is 8.85. The Labute approximate surface area is 206 Å². The summed E-state index contributed by atoms with van der Waals surface area (Å²) in [4.78, 5) is 41.2. The Kier molecular flexibility index (Phi) is 5.37. The molecule has 10 heteroatoms. The van der Waals surface area contributed by atoms with Crippen LogP contribution in [0.2, 0.25) is 0 Å². The highest BCUT2D eigenvalue weighted by molar-refractivity contribution is 6.06. The van der Waals surface area contributed by atoms with Gasteiger partial charge in [0, 0.05) is 48.9 Å². The molecule has 6 rings (SSSR count). The maximum atomic E-state index is 13.2. The van der Waals surface area contributed by atoms with Crippen molar-refractivity contribution >= 4 is 34.4 Å². The van der Waals surface area contributed by atoms with Crippen molar-refractivity contribution in [1.82, 2.24) is 19.9 Å². The number of benzene rings is 2. The maximum Gasteiger partial charge on any atom is 0.255 e. The van der Waals surface area contributed by atoms with E-state index in [2.05, 4.69) is 26.3 Å². The zero-order valence-corrected chi connectivity index (χ0v) is 19.4. The molecule has 4 aromatic rings. The maximum absolute atomic E-state index is 13.2. The third-order valence-corrected chi connectivity index (χ3v) is 6.56. The lowest BCUT2D eigenvalue weighted by Crippen LogP contribution is -2.48. The molecule has 2 aliphatic rings. The van der Waals surface area contributed by atoms with E-state index < -0.39 is 0 Å². The SMILES string of the molecule is N#Cc1nc(C2CC2)oc1N1CCN(C(=O)c2cccc(NC(=O)c3ccc4nc[nH]c4c3)c2)CC1. The number of nitrogens with one attached hydrogen (secondary N) is 2. The first-order valence-corrected chi connectivity index (χ1v) is 11.9. The lowest BCUT2D eigenvalue weighted by atomic mass is 10.1. The molecule has 0 radical (unpaired) electrons. The molecule has 0 spiro atoms. The summed E-state index contributed by atoms with van der Waals surface area (Å²) < 4.78 is 5.90. The van der Waals surface area contributed by atoms with Crippen LogP contribution in [0.15, 0.2) is 53.2 Å². The van der Waals surface area contributed by atoms with Gasteiger partial charge in [0.05, 0.1) is 17.4 Å². The predicted molar refractivity (Wildman–Crippen MR) is 132 cm³/mol. The van der Waals surface area contributed by atoms with Crippen LogP contribution in [-0.2, 0) is 0 Å². The molecule has 2 fully saturated rings. The molecule has 1 aliphatic heterocycles. The van der Waals surface area contributed by atoms with Crippen molar-refractivity contribution in [3.8, 4) is 6.07 Å². The van der Waals surface area contributed by atoms with Crippen molar-refractivity contribution in [1.29, 1.82) is 5.26 Å². The highest BCUT2D eigenvalue weighted by Crippen LogP contribution is 2.41. The first-order valence-electron chi connectivity index (χ1n) is 11.9. The number of carbonyl (C=O) groups is 2. The Bertz CT molecular complexity index is 1500. The quantitative estimate of drug-likeness (QED) is 0.446. The zero-order chi connectivity index (χ0) is 24.6. The Morgan fingerprint density at radius 3 is 2.69 bits per heavy atom. The van der Waals surface area contributed by atoms with Crippen LogP contribution >= 0.6 is 0 Å². The number of nitrogens with zero attached hydrogens (tertiary/aromatic N) is 5. The van der Waals surface area contributed by atoms with Gasteiger partial charge in [-0.2, -0.15) is 5.26 Å². The number of hydrogen-bond donors (Lipinski definition) is 2. The fraction of sp³-hybridized carbons (Fsp3) is 0.269. The summed E-state index contributed by atoms with van der Waals surface area (Å²) in [5.74, 6) is 1.10. The smallest absolute Gasteiger partial charge is 0.255 e. The second-order valence-corrected chi connectivity index (χ2v) is 9.04. The third-order valence-electron chi connectivity index (χ3n) is 6.56.